The summed E-state index contributed by atoms with van der Waals surface area (Å²) in [5, 5.41) is 2.43. The highest BCUT2D eigenvalue weighted by Crippen LogP contribution is 1.83. The number of methoxy groups -OCH3 is 2. The predicted molar refractivity (Wildman–Crippen MR) is 36.4 cm³/mol. The summed E-state index contributed by atoms with van der Waals surface area (Å²) in [4.78, 5) is 9.82. The molecule has 10 heavy (non-hydrogen) atoms. The number of hydrogen-bond donors (Lipinski definition) is 1. The second kappa shape index (κ2) is 6.51. The maximum absolute atomic E-state index is 9.82. The Labute approximate surface area is 60.5 Å². The van der Waals surface area contributed by atoms with E-state index in [-0.39, 0.29) is 6.04 Å². The van der Waals surface area contributed by atoms with Crippen LogP contribution in [0.5, 0.6) is 0 Å². The first-order valence-electron chi connectivity index (χ1n) is 2.95. The molecule has 0 unspecified atom stereocenters. The van der Waals surface area contributed by atoms with Gasteiger partial charge in [0.25, 0.3) is 0 Å². The normalized spacial score (nSPS) is 9.90. The minimum Gasteiger partial charge on any atom is -0.382 e. The lowest BCUT2D eigenvalue weighted by atomic mass is 10.3. The zero-order valence-electron chi connectivity index (χ0n) is 6.22. The fourth-order valence-corrected chi connectivity index (χ4v) is 0.617. The quantitative estimate of drug-likeness (QED) is 0.504. The molecule has 1 radical (unpaired) electrons. The Morgan fingerprint density at radius 2 is 1.90 bits per heavy atom. The third kappa shape index (κ3) is 4.29. The molecule has 0 heterocycles. The van der Waals surface area contributed by atoms with Crippen molar-refractivity contribution in [1.29, 1.82) is 0 Å². The van der Waals surface area contributed by atoms with Gasteiger partial charge in [-0.25, -0.2) is 0 Å². The van der Waals surface area contributed by atoms with Gasteiger partial charge >= 0.3 is 6.41 Å². The molecule has 0 aliphatic heterocycles. The van der Waals surface area contributed by atoms with Gasteiger partial charge in [0, 0.05) is 14.2 Å². The van der Waals surface area contributed by atoms with Gasteiger partial charge in [-0.05, 0) is 0 Å². The molecule has 1 amide bonds. The summed E-state index contributed by atoms with van der Waals surface area (Å²) < 4.78 is 9.58. The highest BCUT2D eigenvalue weighted by molar-refractivity contribution is 5.47. The summed E-state index contributed by atoms with van der Waals surface area (Å²) in [6.07, 6.45) is 1.58. The van der Waals surface area contributed by atoms with Crippen molar-refractivity contribution >= 4 is 6.41 Å². The molecule has 0 aromatic rings. The van der Waals surface area contributed by atoms with Crippen LogP contribution in [0.2, 0.25) is 0 Å². The van der Waals surface area contributed by atoms with Crippen LogP contribution in [0.4, 0.5) is 0 Å². The van der Waals surface area contributed by atoms with E-state index in [0.717, 1.165) is 0 Å². The molecule has 0 aliphatic carbocycles. The molecule has 0 aromatic carbocycles. The number of hydrogen-bond acceptors (Lipinski definition) is 3. The van der Waals surface area contributed by atoms with Gasteiger partial charge < -0.3 is 14.8 Å². The van der Waals surface area contributed by atoms with Crippen molar-refractivity contribution < 1.29 is 14.3 Å². The largest absolute Gasteiger partial charge is 0.382 e. The van der Waals surface area contributed by atoms with Crippen LogP contribution < -0.4 is 5.32 Å². The van der Waals surface area contributed by atoms with Gasteiger partial charge in [-0.2, -0.15) is 0 Å². The molecule has 4 nitrogen and oxygen atoms in total. The van der Waals surface area contributed by atoms with E-state index in [1.165, 1.54) is 0 Å². The van der Waals surface area contributed by atoms with E-state index in [0.29, 0.717) is 13.2 Å². The van der Waals surface area contributed by atoms with E-state index in [2.05, 4.69) is 5.32 Å². The van der Waals surface area contributed by atoms with Crippen LogP contribution in [0.3, 0.4) is 0 Å². The Morgan fingerprint density at radius 1 is 1.40 bits per heavy atom. The minimum absolute atomic E-state index is 0.0903. The fourth-order valence-electron chi connectivity index (χ4n) is 0.617. The van der Waals surface area contributed by atoms with Crippen LogP contribution in [0.1, 0.15) is 0 Å². The summed E-state index contributed by atoms with van der Waals surface area (Å²) in [7, 11) is 3.13. The second-order valence-corrected chi connectivity index (χ2v) is 1.85. The molecule has 0 aromatic heterocycles. The molecule has 0 fully saturated rings. The smallest absolute Gasteiger partial charge is 0.309 e. The van der Waals surface area contributed by atoms with Gasteiger partial charge in [-0.15, -0.1) is 0 Å². The van der Waals surface area contributed by atoms with E-state index in [1.54, 1.807) is 20.6 Å². The van der Waals surface area contributed by atoms with Gasteiger partial charge in [0.15, 0.2) is 0 Å². The van der Waals surface area contributed by atoms with Gasteiger partial charge in [0.1, 0.15) is 0 Å². The maximum atomic E-state index is 9.82. The van der Waals surface area contributed by atoms with Crippen LogP contribution in [0.15, 0.2) is 0 Å². The molecule has 0 bridgehead atoms. The Morgan fingerprint density at radius 3 is 2.20 bits per heavy atom. The third-order valence-corrected chi connectivity index (χ3v) is 0.999. The van der Waals surface area contributed by atoms with Crippen LogP contribution in [0, 0.1) is 0 Å². The average Bonchev–Trinajstić information content (AvgIpc) is 1.90. The van der Waals surface area contributed by atoms with Crippen molar-refractivity contribution in [3.8, 4) is 0 Å². The number of rotatable bonds is 6. The summed E-state index contributed by atoms with van der Waals surface area (Å²) in [5.74, 6) is 0. The molecule has 0 spiro atoms. The highest BCUT2D eigenvalue weighted by Gasteiger charge is 2.04. The number of ether oxygens (including phenoxy) is 2. The summed E-state index contributed by atoms with van der Waals surface area (Å²) in [6, 6.07) is -0.0903. The van der Waals surface area contributed by atoms with E-state index in [1.807, 2.05) is 0 Å². The highest BCUT2D eigenvalue weighted by atomic mass is 16.5. The molecule has 59 valence electrons. The molecule has 0 aliphatic rings. The molecule has 0 saturated carbocycles. The van der Waals surface area contributed by atoms with Crippen molar-refractivity contribution in [1.82, 2.24) is 5.32 Å². The van der Waals surface area contributed by atoms with Crippen molar-refractivity contribution in [2.75, 3.05) is 27.4 Å². The van der Waals surface area contributed by atoms with Gasteiger partial charge in [0.2, 0.25) is 0 Å². The van der Waals surface area contributed by atoms with E-state index in [9.17, 15) is 4.79 Å². The summed E-state index contributed by atoms with van der Waals surface area (Å²) >= 11 is 0. The Balaban J connectivity index is 3.38. The zero-order chi connectivity index (χ0) is 7.82. The topological polar surface area (TPSA) is 47.6 Å². The van der Waals surface area contributed by atoms with Crippen molar-refractivity contribution in [2.24, 2.45) is 0 Å². The van der Waals surface area contributed by atoms with Gasteiger partial charge in [-0.1, -0.05) is 0 Å². The standard InChI is InChI=1S/C6H12NO3/c1-9-3-6(4-10-2)7-5-8/h6H,3-4H2,1-2H3,(H,7,8). The molecule has 4 heteroatoms. The molecule has 0 rings (SSSR count). The lowest BCUT2D eigenvalue weighted by Crippen LogP contribution is -2.35. The first-order valence-corrected chi connectivity index (χ1v) is 2.95. The van der Waals surface area contributed by atoms with Crippen LogP contribution in [-0.4, -0.2) is 39.9 Å². The molecule has 1 N–H and O–H groups in total. The SMILES string of the molecule is COCC(COC)N[C]=O. The Kier molecular flexibility index (Phi) is 6.11. The monoisotopic (exact) mass is 146 g/mol. The van der Waals surface area contributed by atoms with Crippen LogP contribution >= 0.6 is 0 Å². The van der Waals surface area contributed by atoms with E-state index >= 15 is 0 Å². The molecule has 0 saturated heterocycles. The van der Waals surface area contributed by atoms with E-state index in [4.69, 9.17) is 9.47 Å². The van der Waals surface area contributed by atoms with Crippen LogP contribution in [-0.2, 0) is 14.3 Å². The lowest BCUT2D eigenvalue weighted by Gasteiger charge is -2.12. The lowest BCUT2D eigenvalue weighted by molar-refractivity contribution is 0.111. The first-order chi connectivity index (χ1) is 4.85. The molecular formula is C6H12NO3. The Hall–Kier alpha value is -0.610. The summed E-state index contributed by atoms with van der Waals surface area (Å²) in [6.45, 7) is 0.895. The Bertz CT molecular complexity index is 81.1. The molecule has 0 atom stereocenters. The van der Waals surface area contributed by atoms with Gasteiger partial charge in [-0.3, -0.25) is 4.79 Å². The average molecular weight is 146 g/mol. The summed E-state index contributed by atoms with van der Waals surface area (Å²) in [5.41, 5.74) is 0. The van der Waals surface area contributed by atoms with Crippen LogP contribution in [0.25, 0.3) is 0 Å². The minimum atomic E-state index is -0.0903. The van der Waals surface area contributed by atoms with Gasteiger partial charge in [0.05, 0.1) is 19.3 Å². The number of amides is 1. The third-order valence-electron chi connectivity index (χ3n) is 0.999. The first kappa shape index (κ1) is 9.39. The number of carbonyl (C=O) groups excluding carboxylic acids is 1. The number of nitrogens with one attached hydrogen (secondary N) is 1. The fraction of sp³-hybridized carbons (Fsp3) is 0.833. The van der Waals surface area contributed by atoms with E-state index < -0.39 is 0 Å². The predicted octanol–water partition coefficient (Wildman–Crippen LogP) is -0.695. The van der Waals surface area contributed by atoms with Crippen molar-refractivity contribution in [3.63, 3.8) is 0 Å². The van der Waals surface area contributed by atoms with Crippen molar-refractivity contribution in [3.05, 3.63) is 0 Å². The maximum Gasteiger partial charge on any atom is 0.309 e. The van der Waals surface area contributed by atoms with Crippen molar-refractivity contribution in [2.45, 2.75) is 6.04 Å². The molecular weight excluding hydrogens is 134 g/mol. The zero-order valence-corrected chi connectivity index (χ0v) is 6.22. The second-order valence-electron chi connectivity index (χ2n) is 1.85.